The zero-order valence-corrected chi connectivity index (χ0v) is 18.2. The van der Waals surface area contributed by atoms with Gasteiger partial charge in [0.25, 0.3) is 11.5 Å². The highest BCUT2D eigenvalue weighted by Crippen LogP contribution is 2.19. The van der Waals surface area contributed by atoms with Crippen LogP contribution in [0.5, 0.6) is 0 Å². The van der Waals surface area contributed by atoms with E-state index in [2.05, 4.69) is 22.2 Å². The molecule has 2 aromatic rings. The van der Waals surface area contributed by atoms with Crippen LogP contribution in [0.3, 0.4) is 0 Å². The zero-order valence-electron chi connectivity index (χ0n) is 18.2. The van der Waals surface area contributed by atoms with Crippen molar-refractivity contribution in [2.24, 2.45) is 0 Å². The number of hydrogen-bond acceptors (Lipinski definition) is 5. The number of nitrogens with zero attached hydrogens (tertiary/aromatic N) is 4. The van der Waals surface area contributed by atoms with Crippen LogP contribution in [-0.2, 0) is 11.3 Å². The molecule has 2 aliphatic rings. The topological polar surface area (TPSA) is 87.5 Å². The molecule has 166 valence electrons. The highest BCUT2D eigenvalue weighted by Gasteiger charge is 2.28. The molecule has 0 unspecified atom stereocenters. The summed E-state index contributed by atoms with van der Waals surface area (Å²) in [5.74, 6) is -0.0865. The maximum Gasteiger partial charge on any atom is 0.275 e. The van der Waals surface area contributed by atoms with Gasteiger partial charge in [0, 0.05) is 44.2 Å². The van der Waals surface area contributed by atoms with Crippen LogP contribution >= 0.6 is 0 Å². The van der Waals surface area contributed by atoms with E-state index in [1.54, 1.807) is 17.0 Å². The van der Waals surface area contributed by atoms with E-state index >= 15 is 0 Å². The molecule has 2 heterocycles. The van der Waals surface area contributed by atoms with Crippen LogP contribution in [0.1, 0.15) is 49.5 Å². The number of fused-ring (bicyclic) bond motifs is 1. The maximum absolute atomic E-state index is 13.3. The largest absolute Gasteiger partial charge is 0.352 e. The summed E-state index contributed by atoms with van der Waals surface area (Å²) in [6, 6.07) is 7.58. The standard InChI is InChI=1S/C23H31N5O3/c1-2-3-6-11-28-22(30)19-8-5-4-7-18(19)21(25-28)23(31)27-14-12-26(13-15-27)16-20(29)24-17-9-10-17/h4-5,7-8,17H,2-3,6,9-16H2,1H3,(H,24,29). The predicted octanol–water partition coefficient (Wildman–Crippen LogP) is 1.62. The van der Waals surface area contributed by atoms with Crippen LogP contribution in [0.25, 0.3) is 10.8 Å². The van der Waals surface area contributed by atoms with Gasteiger partial charge in [-0.3, -0.25) is 19.3 Å². The average Bonchev–Trinajstić information content (AvgIpc) is 3.59. The molecular formula is C23H31N5O3. The molecule has 0 radical (unpaired) electrons. The smallest absolute Gasteiger partial charge is 0.275 e. The van der Waals surface area contributed by atoms with E-state index in [1.807, 2.05) is 12.1 Å². The third-order valence-electron chi connectivity index (χ3n) is 6.01. The van der Waals surface area contributed by atoms with Crippen molar-refractivity contribution in [1.82, 2.24) is 24.9 Å². The number of benzene rings is 1. The van der Waals surface area contributed by atoms with E-state index in [-0.39, 0.29) is 17.4 Å². The summed E-state index contributed by atoms with van der Waals surface area (Å²) in [6.07, 6.45) is 5.08. The monoisotopic (exact) mass is 425 g/mol. The second-order valence-corrected chi connectivity index (χ2v) is 8.54. The molecule has 0 atom stereocenters. The van der Waals surface area contributed by atoms with Crippen molar-refractivity contribution in [2.75, 3.05) is 32.7 Å². The number of carbonyl (C=O) groups is 2. The molecule has 1 aliphatic heterocycles. The first-order chi connectivity index (χ1) is 15.1. The maximum atomic E-state index is 13.3. The SMILES string of the molecule is CCCCCn1nc(C(=O)N2CCN(CC(=O)NC3CC3)CC2)c2ccccc2c1=O. The van der Waals surface area contributed by atoms with E-state index in [9.17, 15) is 14.4 Å². The molecule has 31 heavy (non-hydrogen) atoms. The fourth-order valence-corrected chi connectivity index (χ4v) is 4.02. The van der Waals surface area contributed by atoms with Gasteiger partial charge in [0.15, 0.2) is 5.69 Å². The van der Waals surface area contributed by atoms with Gasteiger partial charge < -0.3 is 10.2 Å². The van der Waals surface area contributed by atoms with E-state index in [4.69, 9.17) is 0 Å². The summed E-state index contributed by atoms with van der Waals surface area (Å²) in [4.78, 5) is 42.1. The molecular weight excluding hydrogens is 394 g/mol. The van der Waals surface area contributed by atoms with Gasteiger partial charge in [0.2, 0.25) is 5.91 Å². The Balaban J connectivity index is 1.47. The molecule has 2 amide bonds. The molecule has 1 aliphatic carbocycles. The molecule has 8 heteroatoms. The molecule has 1 N–H and O–H groups in total. The van der Waals surface area contributed by atoms with Gasteiger partial charge in [0.05, 0.1) is 11.9 Å². The number of unbranched alkanes of at least 4 members (excludes halogenated alkanes) is 2. The normalized spacial score (nSPS) is 17.1. The Bertz CT molecular complexity index is 1010. The average molecular weight is 426 g/mol. The molecule has 4 rings (SSSR count). The van der Waals surface area contributed by atoms with E-state index in [1.165, 1.54) is 4.68 Å². The van der Waals surface area contributed by atoms with Crippen molar-refractivity contribution in [3.05, 3.63) is 40.3 Å². The third-order valence-corrected chi connectivity index (χ3v) is 6.01. The van der Waals surface area contributed by atoms with Crippen LogP contribution in [0.4, 0.5) is 0 Å². The number of nitrogens with one attached hydrogen (secondary N) is 1. The number of piperazine rings is 1. The lowest BCUT2D eigenvalue weighted by Crippen LogP contribution is -2.51. The minimum atomic E-state index is -0.150. The third kappa shape index (κ3) is 5.12. The first kappa shape index (κ1) is 21.5. The Hall–Kier alpha value is -2.74. The number of amides is 2. The fraction of sp³-hybridized carbons (Fsp3) is 0.565. The van der Waals surface area contributed by atoms with E-state index < -0.39 is 0 Å². The summed E-state index contributed by atoms with van der Waals surface area (Å²) in [7, 11) is 0. The van der Waals surface area contributed by atoms with Crippen molar-refractivity contribution in [2.45, 2.75) is 51.6 Å². The molecule has 8 nitrogen and oxygen atoms in total. The lowest BCUT2D eigenvalue weighted by Gasteiger charge is -2.34. The van der Waals surface area contributed by atoms with E-state index in [0.717, 1.165) is 32.1 Å². The first-order valence-corrected chi connectivity index (χ1v) is 11.4. The fourth-order valence-electron chi connectivity index (χ4n) is 4.02. The van der Waals surface area contributed by atoms with Gasteiger partial charge in [-0.2, -0.15) is 5.10 Å². The summed E-state index contributed by atoms with van der Waals surface area (Å²) < 4.78 is 1.45. The van der Waals surface area contributed by atoms with Crippen molar-refractivity contribution >= 4 is 22.6 Å². The molecule has 0 bridgehead atoms. The van der Waals surface area contributed by atoms with E-state index in [0.29, 0.717) is 61.8 Å². The number of rotatable bonds is 8. The Kier molecular flexibility index (Phi) is 6.65. The van der Waals surface area contributed by atoms with Gasteiger partial charge in [0.1, 0.15) is 0 Å². The van der Waals surface area contributed by atoms with Crippen molar-refractivity contribution in [3.8, 4) is 0 Å². The van der Waals surface area contributed by atoms with Gasteiger partial charge in [-0.25, -0.2) is 4.68 Å². The number of carbonyl (C=O) groups excluding carboxylic acids is 2. The Morgan fingerprint density at radius 1 is 1.06 bits per heavy atom. The van der Waals surface area contributed by atoms with Crippen molar-refractivity contribution < 1.29 is 9.59 Å². The molecule has 1 saturated carbocycles. The number of hydrogen-bond donors (Lipinski definition) is 1. The van der Waals surface area contributed by atoms with Crippen molar-refractivity contribution in [1.29, 1.82) is 0 Å². The molecule has 1 aromatic heterocycles. The first-order valence-electron chi connectivity index (χ1n) is 11.4. The van der Waals surface area contributed by atoms with Gasteiger partial charge in [-0.1, -0.05) is 38.0 Å². The van der Waals surface area contributed by atoms with Crippen LogP contribution in [-0.4, -0.2) is 70.2 Å². The van der Waals surface area contributed by atoms with Crippen molar-refractivity contribution in [3.63, 3.8) is 0 Å². The van der Waals surface area contributed by atoms with Crippen LogP contribution < -0.4 is 10.9 Å². The van der Waals surface area contributed by atoms with Gasteiger partial charge >= 0.3 is 0 Å². The summed E-state index contributed by atoms with van der Waals surface area (Å²) in [5, 5.41) is 8.64. The number of aryl methyl sites for hydroxylation is 1. The highest BCUT2D eigenvalue weighted by molar-refractivity contribution is 6.04. The lowest BCUT2D eigenvalue weighted by atomic mass is 10.1. The van der Waals surface area contributed by atoms with Crippen LogP contribution in [0.15, 0.2) is 29.1 Å². The summed E-state index contributed by atoms with van der Waals surface area (Å²) in [5.41, 5.74) is 0.196. The highest BCUT2D eigenvalue weighted by atomic mass is 16.2. The molecule has 1 aromatic carbocycles. The molecule has 1 saturated heterocycles. The van der Waals surface area contributed by atoms with Crippen LogP contribution in [0, 0.1) is 0 Å². The zero-order chi connectivity index (χ0) is 21.8. The minimum absolute atomic E-state index is 0.0640. The summed E-state index contributed by atoms with van der Waals surface area (Å²) >= 11 is 0. The second-order valence-electron chi connectivity index (χ2n) is 8.54. The quantitative estimate of drug-likeness (QED) is 0.650. The lowest BCUT2D eigenvalue weighted by molar-refractivity contribution is -0.122. The van der Waals surface area contributed by atoms with Crippen LogP contribution in [0.2, 0.25) is 0 Å². The Labute approximate surface area is 182 Å². The molecule has 0 spiro atoms. The Morgan fingerprint density at radius 3 is 2.45 bits per heavy atom. The molecule has 2 fully saturated rings. The Morgan fingerprint density at radius 2 is 1.77 bits per heavy atom. The summed E-state index contributed by atoms with van der Waals surface area (Å²) in [6.45, 7) is 5.39. The minimum Gasteiger partial charge on any atom is -0.352 e. The number of aromatic nitrogens is 2. The second kappa shape index (κ2) is 9.60. The predicted molar refractivity (Wildman–Crippen MR) is 119 cm³/mol. The van der Waals surface area contributed by atoms with Gasteiger partial charge in [-0.05, 0) is 25.3 Å². The van der Waals surface area contributed by atoms with Gasteiger partial charge in [-0.15, -0.1) is 0 Å².